The van der Waals surface area contributed by atoms with Crippen LogP contribution in [0.3, 0.4) is 0 Å². The number of benzene rings is 2. The number of aryl methyl sites for hydroxylation is 1. The molecule has 0 spiro atoms. The highest BCUT2D eigenvalue weighted by Gasteiger charge is 2.17. The summed E-state index contributed by atoms with van der Waals surface area (Å²) < 4.78 is 15.9. The van der Waals surface area contributed by atoms with Crippen molar-refractivity contribution >= 4 is 22.6 Å². The molecule has 0 aliphatic heterocycles. The van der Waals surface area contributed by atoms with Gasteiger partial charge in [0.2, 0.25) is 0 Å². The second-order valence-electron chi connectivity index (χ2n) is 5.21. The molecule has 1 heterocycles. The molecule has 4 heteroatoms. The lowest BCUT2D eigenvalue weighted by atomic mass is 10.2. The molecule has 0 aliphatic rings. The van der Waals surface area contributed by atoms with Gasteiger partial charge in [-0.2, -0.15) is 0 Å². The molecule has 1 unspecified atom stereocenters. The third-order valence-corrected chi connectivity index (χ3v) is 3.85. The largest absolute Gasteiger partial charge is 0.322 e. The van der Waals surface area contributed by atoms with Gasteiger partial charge in [-0.3, -0.25) is 0 Å². The standard InChI is InChI=1S/C17H16ClFN2/c1-11-6-5-9-15-16(11)20-17(12(2)18)21(15)10-13-7-3-4-8-14(13)19/h3-9,12H,10H2,1-2H3. The molecule has 3 rings (SSSR count). The fraction of sp³-hybridized carbons (Fsp3) is 0.235. The van der Waals surface area contributed by atoms with Gasteiger partial charge in [0.15, 0.2) is 0 Å². The summed E-state index contributed by atoms with van der Waals surface area (Å²) in [7, 11) is 0. The smallest absolute Gasteiger partial charge is 0.128 e. The van der Waals surface area contributed by atoms with Gasteiger partial charge in [0.05, 0.1) is 23.0 Å². The Kier molecular flexibility index (Phi) is 3.68. The summed E-state index contributed by atoms with van der Waals surface area (Å²) in [6.45, 7) is 4.33. The number of fused-ring (bicyclic) bond motifs is 1. The molecule has 0 saturated heterocycles. The molecule has 3 aromatic rings. The third-order valence-electron chi connectivity index (χ3n) is 3.65. The van der Waals surface area contributed by atoms with Crippen LogP contribution in [0.25, 0.3) is 11.0 Å². The van der Waals surface area contributed by atoms with E-state index in [1.807, 2.05) is 42.7 Å². The number of nitrogens with zero attached hydrogens (tertiary/aromatic N) is 2. The third kappa shape index (κ3) is 2.54. The van der Waals surface area contributed by atoms with Crippen LogP contribution < -0.4 is 0 Å². The van der Waals surface area contributed by atoms with Crippen LogP contribution in [0.1, 0.15) is 29.3 Å². The number of aromatic nitrogens is 2. The van der Waals surface area contributed by atoms with E-state index in [1.165, 1.54) is 6.07 Å². The van der Waals surface area contributed by atoms with E-state index >= 15 is 0 Å². The van der Waals surface area contributed by atoms with Crippen molar-refractivity contribution < 1.29 is 4.39 Å². The first-order valence-corrected chi connectivity index (χ1v) is 7.35. The Labute approximate surface area is 128 Å². The fourth-order valence-electron chi connectivity index (χ4n) is 2.57. The maximum Gasteiger partial charge on any atom is 0.128 e. The van der Waals surface area contributed by atoms with E-state index < -0.39 is 0 Å². The minimum atomic E-state index is -0.233. The highest BCUT2D eigenvalue weighted by molar-refractivity contribution is 6.20. The lowest BCUT2D eigenvalue weighted by Gasteiger charge is -2.11. The Morgan fingerprint density at radius 2 is 1.95 bits per heavy atom. The quantitative estimate of drug-likeness (QED) is 0.634. The van der Waals surface area contributed by atoms with Gasteiger partial charge in [-0.05, 0) is 31.5 Å². The number of halogens is 2. The minimum Gasteiger partial charge on any atom is -0.322 e. The lowest BCUT2D eigenvalue weighted by Crippen LogP contribution is -2.07. The zero-order chi connectivity index (χ0) is 15.0. The lowest BCUT2D eigenvalue weighted by molar-refractivity contribution is 0.597. The zero-order valence-corrected chi connectivity index (χ0v) is 12.7. The van der Waals surface area contributed by atoms with Crippen molar-refractivity contribution in [2.45, 2.75) is 25.8 Å². The molecule has 1 aromatic heterocycles. The molecule has 1 atom stereocenters. The van der Waals surface area contributed by atoms with Crippen LogP contribution >= 0.6 is 11.6 Å². The van der Waals surface area contributed by atoms with Crippen molar-refractivity contribution in [1.29, 1.82) is 0 Å². The Morgan fingerprint density at radius 1 is 1.19 bits per heavy atom. The van der Waals surface area contributed by atoms with Gasteiger partial charge in [0.25, 0.3) is 0 Å². The average Bonchev–Trinajstić information content (AvgIpc) is 2.82. The van der Waals surface area contributed by atoms with Crippen molar-refractivity contribution in [3.8, 4) is 0 Å². The first kappa shape index (κ1) is 14.1. The molecule has 0 saturated carbocycles. The second-order valence-corrected chi connectivity index (χ2v) is 5.86. The fourth-order valence-corrected chi connectivity index (χ4v) is 2.74. The van der Waals surface area contributed by atoms with Crippen LogP contribution in [0.4, 0.5) is 4.39 Å². The summed E-state index contributed by atoms with van der Waals surface area (Å²) in [6.07, 6.45) is 0. The maximum atomic E-state index is 13.9. The number of hydrogen-bond donors (Lipinski definition) is 0. The zero-order valence-electron chi connectivity index (χ0n) is 12.0. The summed E-state index contributed by atoms with van der Waals surface area (Å²) in [5, 5.41) is -0.233. The number of hydrogen-bond acceptors (Lipinski definition) is 1. The molecular weight excluding hydrogens is 287 g/mol. The van der Waals surface area contributed by atoms with E-state index in [-0.39, 0.29) is 11.2 Å². The number of imidazole rings is 1. The molecular formula is C17H16ClFN2. The van der Waals surface area contributed by atoms with Crippen molar-refractivity contribution in [3.63, 3.8) is 0 Å². The Bertz CT molecular complexity index is 793. The summed E-state index contributed by atoms with van der Waals surface area (Å²) in [4.78, 5) is 4.65. The SMILES string of the molecule is Cc1cccc2c1nc(C(C)Cl)n2Cc1ccccc1F. The van der Waals surface area contributed by atoms with E-state index in [2.05, 4.69) is 4.98 Å². The topological polar surface area (TPSA) is 17.8 Å². The van der Waals surface area contributed by atoms with Crippen molar-refractivity contribution in [2.24, 2.45) is 0 Å². The summed E-state index contributed by atoms with van der Waals surface area (Å²) in [5.74, 6) is 0.560. The molecule has 0 fully saturated rings. The molecule has 108 valence electrons. The Balaban J connectivity index is 2.19. The van der Waals surface area contributed by atoms with Crippen LogP contribution in [0.5, 0.6) is 0 Å². The van der Waals surface area contributed by atoms with E-state index in [9.17, 15) is 4.39 Å². The van der Waals surface area contributed by atoms with Crippen LogP contribution in [-0.4, -0.2) is 9.55 Å². The monoisotopic (exact) mass is 302 g/mol. The Morgan fingerprint density at radius 3 is 2.67 bits per heavy atom. The van der Waals surface area contributed by atoms with Gasteiger partial charge in [0, 0.05) is 5.56 Å². The number of alkyl halides is 1. The molecule has 2 nitrogen and oxygen atoms in total. The van der Waals surface area contributed by atoms with Crippen molar-refractivity contribution in [1.82, 2.24) is 9.55 Å². The number of rotatable bonds is 3. The average molecular weight is 303 g/mol. The van der Waals surface area contributed by atoms with Crippen LogP contribution in [0.15, 0.2) is 42.5 Å². The van der Waals surface area contributed by atoms with E-state index in [4.69, 9.17) is 11.6 Å². The van der Waals surface area contributed by atoms with Crippen LogP contribution in [0, 0.1) is 12.7 Å². The van der Waals surface area contributed by atoms with Gasteiger partial charge in [-0.1, -0.05) is 30.3 Å². The van der Waals surface area contributed by atoms with E-state index in [0.717, 1.165) is 22.4 Å². The van der Waals surface area contributed by atoms with E-state index in [1.54, 1.807) is 12.1 Å². The highest BCUT2D eigenvalue weighted by atomic mass is 35.5. The predicted octanol–water partition coefficient (Wildman–Crippen LogP) is 4.83. The van der Waals surface area contributed by atoms with E-state index in [0.29, 0.717) is 12.1 Å². The van der Waals surface area contributed by atoms with Crippen molar-refractivity contribution in [3.05, 3.63) is 65.2 Å². The van der Waals surface area contributed by atoms with Gasteiger partial charge in [-0.25, -0.2) is 9.37 Å². The molecule has 0 aliphatic carbocycles. The van der Waals surface area contributed by atoms with Crippen molar-refractivity contribution in [2.75, 3.05) is 0 Å². The van der Waals surface area contributed by atoms with Crippen LogP contribution in [0.2, 0.25) is 0 Å². The molecule has 0 bridgehead atoms. The molecule has 2 aromatic carbocycles. The summed E-state index contributed by atoms with van der Waals surface area (Å²) in [5.41, 5.74) is 3.65. The normalized spacial score (nSPS) is 12.8. The highest BCUT2D eigenvalue weighted by Crippen LogP contribution is 2.27. The molecule has 0 radical (unpaired) electrons. The first-order chi connectivity index (χ1) is 10.1. The van der Waals surface area contributed by atoms with Gasteiger partial charge in [0.1, 0.15) is 11.6 Å². The molecule has 21 heavy (non-hydrogen) atoms. The maximum absolute atomic E-state index is 13.9. The molecule has 0 N–H and O–H groups in total. The van der Waals surface area contributed by atoms with Gasteiger partial charge in [-0.15, -0.1) is 11.6 Å². The first-order valence-electron chi connectivity index (χ1n) is 6.91. The van der Waals surface area contributed by atoms with Gasteiger partial charge >= 0.3 is 0 Å². The predicted molar refractivity (Wildman–Crippen MR) is 84.2 cm³/mol. The van der Waals surface area contributed by atoms with Crippen LogP contribution in [-0.2, 0) is 6.54 Å². The second kappa shape index (κ2) is 5.49. The summed E-state index contributed by atoms with van der Waals surface area (Å²) in [6, 6.07) is 12.8. The number of para-hydroxylation sites is 1. The molecule has 0 amide bonds. The minimum absolute atomic E-state index is 0.208. The summed E-state index contributed by atoms with van der Waals surface area (Å²) >= 11 is 6.26. The van der Waals surface area contributed by atoms with Gasteiger partial charge < -0.3 is 4.57 Å². The Hall–Kier alpha value is -1.87.